The largest absolute Gasteiger partial charge is 0.475 e. The van der Waals surface area contributed by atoms with Crippen LogP contribution in [0.1, 0.15) is 5.01 Å². The van der Waals surface area contributed by atoms with Crippen LogP contribution in [0.3, 0.4) is 0 Å². The van der Waals surface area contributed by atoms with Gasteiger partial charge in [0.15, 0.2) is 11.5 Å². The third-order valence-electron chi connectivity index (χ3n) is 4.76. The van der Waals surface area contributed by atoms with E-state index >= 15 is 0 Å². The van der Waals surface area contributed by atoms with E-state index in [-0.39, 0.29) is 29.7 Å². The number of nitrogens with zero attached hydrogens (tertiary/aromatic N) is 5. The Labute approximate surface area is 191 Å². The first-order valence-corrected chi connectivity index (χ1v) is 12.2. The number of nitrogens with one attached hydrogen (secondary N) is 1. The molecular formula is C21H17FN6O3S2. The summed E-state index contributed by atoms with van der Waals surface area (Å²) < 4.78 is 48.9. The molecule has 168 valence electrons. The third-order valence-corrected chi connectivity index (χ3v) is 7.15. The van der Waals surface area contributed by atoms with Crippen molar-refractivity contribution in [3.05, 3.63) is 65.4 Å². The minimum atomic E-state index is -3.70. The Morgan fingerprint density at radius 2 is 1.91 bits per heavy atom. The first kappa shape index (κ1) is 21.4. The SMILES string of the molecule is Cc1nc2ccc(S(=O)(=O)NCCOc3ccc4nnc(-c5ccc(F)cc5)n4n3)cc2s1. The summed E-state index contributed by atoms with van der Waals surface area (Å²) >= 11 is 1.44. The van der Waals surface area contributed by atoms with E-state index < -0.39 is 10.0 Å². The van der Waals surface area contributed by atoms with Gasteiger partial charge in [-0.15, -0.1) is 26.6 Å². The van der Waals surface area contributed by atoms with Crippen molar-refractivity contribution < 1.29 is 17.5 Å². The van der Waals surface area contributed by atoms with Crippen LogP contribution in [0.4, 0.5) is 4.39 Å². The van der Waals surface area contributed by atoms with Crippen molar-refractivity contribution in [2.24, 2.45) is 0 Å². The van der Waals surface area contributed by atoms with Crippen molar-refractivity contribution in [1.29, 1.82) is 0 Å². The van der Waals surface area contributed by atoms with Gasteiger partial charge < -0.3 is 4.74 Å². The summed E-state index contributed by atoms with van der Waals surface area (Å²) in [6.45, 7) is 1.99. The molecule has 5 aromatic rings. The maximum absolute atomic E-state index is 13.2. The van der Waals surface area contributed by atoms with E-state index in [1.54, 1.807) is 36.4 Å². The maximum atomic E-state index is 13.2. The number of ether oxygens (including phenoxy) is 1. The molecule has 12 heteroatoms. The van der Waals surface area contributed by atoms with Crippen LogP contribution in [0.25, 0.3) is 27.3 Å². The van der Waals surface area contributed by atoms with E-state index in [1.165, 1.54) is 34.1 Å². The number of aromatic nitrogens is 5. The van der Waals surface area contributed by atoms with Crippen molar-refractivity contribution in [3.8, 4) is 17.3 Å². The minimum absolute atomic E-state index is 0.0504. The Hall–Kier alpha value is -3.48. The van der Waals surface area contributed by atoms with Gasteiger partial charge in [0.05, 0.1) is 20.1 Å². The highest BCUT2D eigenvalue weighted by Gasteiger charge is 2.16. The summed E-state index contributed by atoms with van der Waals surface area (Å²) in [6, 6.07) is 14.0. The summed E-state index contributed by atoms with van der Waals surface area (Å²) in [4.78, 5) is 4.51. The zero-order chi connectivity index (χ0) is 23.0. The summed E-state index contributed by atoms with van der Waals surface area (Å²) in [5.74, 6) is 0.352. The lowest BCUT2D eigenvalue weighted by Gasteiger charge is -2.08. The van der Waals surface area contributed by atoms with Crippen LogP contribution < -0.4 is 9.46 Å². The number of thiazole rings is 1. The van der Waals surface area contributed by atoms with Crippen LogP contribution in [0.2, 0.25) is 0 Å². The molecule has 0 amide bonds. The molecule has 0 fully saturated rings. The number of fused-ring (bicyclic) bond motifs is 2. The molecule has 0 spiro atoms. The Morgan fingerprint density at radius 1 is 1.09 bits per heavy atom. The lowest BCUT2D eigenvalue weighted by atomic mass is 10.2. The number of hydrogen-bond donors (Lipinski definition) is 1. The second-order valence-corrected chi connectivity index (χ2v) is 10.1. The normalized spacial score (nSPS) is 11.9. The molecule has 0 aliphatic rings. The molecule has 2 aromatic carbocycles. The highest BCUT2D eigenvalue weighted by atomic mass is 32.2. The van der Waals surface area contributed by atoms with Gasteiger partial charge in [0, 0.05) is 18.2 Å². The van der Waals surface area contributed by atoms with Gasteiger partial charge >= 0.3 is 0 Å². The van der Waals surface area contributed by atoms with Gasteiger partial charge in [-0.1, -0.05) is 0 Å². The van der Waals surface area contributed by atoms with Crippen molar-refractivity contribution in [1.82, 2.24) is 29.5 Å². The fourth-order valence-corrected chi connectivity index (χ4v) is 5.21. The molecule has 5 rings (SSSR count). The van der Waals surface area contributed by atoms with Gasteiger partial charge in [-0.3, -0.25) is 0 Å². The smallest absolute Gasteiger partial charge is 0.240 e. The molecular weight excluding hydrogens is 467 g/mol. The quantitative estimate of drug-likeness (QED) is 0.353. The fourth-order valence-electron chi connectivity index (χ4n) is 3.23. The molecule has 0 radical (unpaired) electrons. The van der Waals surface area contributed by atoms with Crippen molar-refractivity contribution in [2.75, 3.05) is 13.2 Å². The van der Waals surface area contributed by atoms with Crippen LogP contribution in [0.5, 0.6) is 5.88 Å². The Bertz CT molecular complexity index is 1560. The summed E-state index contributed by atoms with van der Waals surface area (Å²) in [7, 11) is -3.70. The topological polar surface area (TPSA) is 111 Å². The summed E-state index contributed by atoms with van der Waals surface area (Å²) in [5, 5.41) is 13.4. The van der Waals surface area contributed by atoms with Gasteiger partial charge in [0.1, 0.15) is 12.4 Å². The zero-order valence-corrected chi connectivity index (χ0v) is 18.9. The van der Waals surface area contributed by atoms with Gasteiger partial charge in [0.25, 0.3) is 0 Å². The maximum Gasteiger partial charge on any atom is 0.240 e. The molecule has 1 N–H and O–H groups in total. The summed E-state index contributed by atoms with van der Waals surface area (Å²) in [5.41, 5.74) is 1.92. The number of hydrogen-bond acceptors (Lipinski definition) is 8. The zero-order valence-electron chi connectivity index (χ0n) is 17.3. The first-order chi connectivity index (χ1) is 15.9. The average molecular weight is 485 g/mol. The molecule has 0 unspecified atom stereocenters. The second-order valence-electron chi connectivity index (χ2n) is 7.08. The lowest BCUT2D eigenvalue weighted by molar-refractivity contribution is 0.306. The molecule has 33 heavy (non-hydrogen) atoms. The monoisotopic (exact) mass is 484 g/mol. The number of sulfonamides is 1. The van der Waals surface area contributed by atoms with Gasteiger partial charge in [-0.05, 0) is 55.5 Å². The molecule has 0 bridgehead atoms. The van der Waals surface area contributed by atoms with E-state index in [2.05, 4.69) is 25.0 Å². The van der Waals surface area contributed by atoms with E-state index in [0.717, 1.165) is 15.2 Å². The Kier molecular flexibility index (Phi) is 5.48. The van der Waals surface area contributed by atoms with Gasteiger partial charge in [-0.2, -0.15) is 4.52 Å². The standard InChI is InChI=1S/C21H17FN6O3S2/c1-13-24-17-7-6-16(12-18(17)32-13)33(29,30)23-10-11-31-20-9-8-19-25-26-21(28(19)27-20)14-2-4-15(22)5-3-14/h2-9,12,23H,10-11H2,1H3. The van der Waals surface area contributed by atoms with Gasteiger partial charge in [-0.25, -0.2) is 22.5 Å². The molecule has 0 aliphatic heterocycles. The molecule has 3 aromatic heterocycles. The Balaban J connectivity index is 1.26. The average Bonchev–Trinajstić information content (AvgIpc) is 3.39. The fraction of sp³-hybridized carbons (Fsp3) is 0.143. The van der Waals surface area contributed by atoms with Crippen LogP contribution in [-0.4, -0.2) is 46.4 Å². The van der Waals surface area contributed by atoms with Crippen LogP contribution >= 0.6 is 11.3 Å². The molecule has 3 heterocycles. The summed E-state index contributed by atoms with van der Waals surface area (Å²) in [6.07, 6.45) is 0. The third kappa shape index (κ3) is 4.40. The molecule has 0 saturated carbocycles. The highest BCUT2D eigenvalue weighted by Crippen LogP contribution is 2.24. The molecule has 0 aliphatic carbocycles. The lowest BCUT2D eigenvalue weighted by Crippen LogP contribution is -2.28. The molecule has 9 nitrogen and oxygen atoms in total. The molecule has 0 atom stereocenters. The van der Waals surface area contributed by atoms with Crippen LogP contribution in [0.15, 0.2) is 59.5 Å². The Morgan fingerprint density at radius 3 is 2.73 bits per heavy atom. The highest BCUT2D eigenvalue weighted by molar-refractivity contribution is 7.89. The number of halogens is 1. The number of aryl methyl sites for hydroxylation is 1. The van der Waals surface area contributed by atoms with E-state index in [0.29, 0.717) is 17.0 Å². The van der Waals surface area contributed by atoms with E-state index in [9.17, 15) is 12.8 Å². The second kappa shape index (κ2) is 8.46. The van der Waals surface area contributed by atoms with Crippen LogP contribution in [0, 0.1) is 12.7 Å². The first-order valence-electron chi connectivity index (χ1n) is 9.87. The van der Waals surface area contributed by atoms with Crippen molar-refractivity contribution in [2.45, 2.75) is 11.8 Å². The number of benzene rings is 2. The van der Waals surface area contributed by atoms with Crippen molar-refractivity contribution >= 4 is 37.2 Å². The van der Waals surface area contributed by atoms with Gasteiger partial charge in [0.2, 0.25) is 15.9 Å². The van der Waals surface area contributed by atoms with E-state index in [1.807, 2.05) is 6.92 Å². The predicted molar refractivity (Wildman–Crippen MR) is 121 cm³/mol. The van der Waals surface area contributed by atoms with Crippen LogP contribution in [-0.2, 0) is 10.0 Å². The molecule has 0 saturated heterocycles. The number of rotatable bonds is 7. The van der Waals surface area contributed by atoms with E-state index in [4.69, 9.17) is 4.74 Å². The van der Waals surface area contributed by atoms with Crippen molar-refractivity contribution in [3.63, 3.8) is 0 Å². The predicted octanol–water partition coefficient (Wildman–Crippen LogP) is 3.21. The minimum Gasteiger partial charge on any atom is -0.475 e.